The molecule has 1 fully saturated rings. The van der Waals surface area contributed by atoms with Gasteiger partial charge in [-0.05, 0) is 30.2 Å². The third-order valence-electron chi connectivity index (χ3n) is 5.57. The summed E-state index contributed by atoms with van der Waals surface area (Å²) in [5, 5.41) is -0.489. The van der Waals surface area contributed by atoms with E-state index in [4.69, 9.17) is 11.5 Å². The number of thiazole rings is 1. The minimum absolute atomic E-state index is 0.193. The lowest BCUT2D eigenvalue weighted by Gasteiger charge is -2.53. The molecule has 4 rings (SSSR count). The molecular formula is C21H20F3N5O5S2. The number of ether oxygens (including phenoxy) is 1. The second-order valence-electron chi connectivity index (χ2n) is 7.90. The number of nitrogens with two attached hydrogens (primary N) is 2. The van der Waals surface area contributed by atoms with Crippen LogP contribution in [0.25, 0.3) is 10.2 Å². The molecule has 2 aromatic rings. The highest BCUT2D eigenvalue weighted by atomic mass is 32.2. The summed E-state index contributed by atoms with van der Waals surface area (Å²) in [6.45, 7) is 1.37. The summed E-state index contributed by atoms with van der Waals surface area (Å²) in [4.78, 5) is 56.5. The predicted molar refractivity (Wildman–Crippen MR) is 127 cm³/mol. The Balaban J connectivity index is 1.69. The topological polar surface area (TPSA) is 149 Å². The van der Waals surface area contributed by atoms with Crippen molar-refractivity contribution in [3.8, 4) is 0 Å². The van der Waals surface area contributed by atoms with Crippen LogP contribution in [0.1, 0.15) is 19.8 Å². The van der Waals surface area contributed by atoms with Crippen LogP contribution >= 0.6 is 23.1 Å². The van der Waals surface area contributed by atoms with Crippen LogP contribution in [0.4, 0.5) is 24.0 Å². The Morgan fingerprint density at radius 1 is 1.31 bits per heavy atom. The molecule has 2 atom stereocenters. The maximum atomic E-state index is 13.3. The maximum Gasteiger partial charge on any atom is 0.491 e. The number of esters is 2. The van der Waals surface area contributed by atoms with Crippen LogP contribution in [0.5, 0.6) is 0 Å². The quantitative estimate of drug-likeness (QED) is 0.317. The molecule has 192 valence electrons. The number of thioether (sulfide) groups is 1. The number of benzene rings is 1. The number of nitrogens with zero attached hydrogens (tertiary/aromatic N) is 3. The van der Waals surface area contributed by atoms with Gasteiger partial charge in [-0.2, -0.15) is 13.2 Å². The lowest BCUT2D eigenvalue weighted by Crippen LogP contribution is -2.72. The minimum Gasteiger partial charge on any atom is -0.382 e. The van der Waals surface area contributed by atoms with E-state index in [0.29, 0.717) is 39.5 Å². The molecule has 0 spiro atoms. The summed E-state index contributed by atoms with van der Waals surface area (Å²) in [6.07, 6.45) is -4.55. The third kappa shape index (κ3) is 4.53. The van der Waals surface area contributed by atoms with Crippen molar-refractivity contribution in [2.45, 2.75) is 37.4 Å². The highest BCUT2D eigenvalue weighted by molar-refractivity contribution is 8.00. The molecule has 2 aliphatic rings. The summed E-state index contributed by atoms with van der Waals surface area (Å²) < 4.78 is 42.8. The average molecular weight is 544 g/mol. The second-order valence-corrected chi connectivity index (χ2v) is 10.1. The van der Waals surface area contributed by atoms with Gasteiger partial charge in [-0.1, -0.05) is 24.7 Å². The van der Waals surface area contributed by atoms with Gasteiger partial charge < -0.3 is 16.2 Å². The SMILES string of the molecule is CCCC1=C(C(=O)OC(=O)C(F)(F)F)N2C(=O)C(N(C(=O)CN)c3ccc4nc(N)sc4c3)C2SC1. The molecule has 15 heteroatoms. The fourth-order valence-electron chi connectivity index (χ4n) is 4.08. The number of fused-ring (bicyclic) bond motifs is 2. The summed E-state index contributed by atoms with van der Waals surface area (Å²) in [6, 6.07) is 3.76. The van der Waals surface area contributed by atoms with E-state index in [2.05, 4.69) is 9.72 Å². The Bertz CT molecular complexity index is 1290. The molecule has 2 amide bonds. The number of alkyl halides is 3. The molecule has 1 aromatic heterocycles. The van der Waals surface area contributed by atoms with Gasteiger partial charge in [-0.3, -0.25) is 19.4 Å². The van der Waals surface area contributed by atoms with Gasteiger partial charge in [0.2, 0.25) is 5.91 Å². The van der Waals surface area contributed by atoms with Crippen molar-refractivity contribution in [1.29, 1.82) is 0 Å². The van der Waals surface area contributed by atoms with Crippen LogP contribution in [0.15, 0.2) is 29.5 Å². The molecule has 0 saturated carbocycles. The zero-order chi connectivity index (χ0) is 26.4. The summed E-state index contributed by atoms with van der Waals surface area (Å²) in [5.41, 5.74) is 12.3. The van der Waals surface area contributed by atoms with Crippen molar-refractivity contribution >= 4 is 67.9 Å². The van der Waals surface area contributed by atoms with E-state index in [9.17, 15) is 32.3 Å². The number of amides is 2. The highest BCUT2D eigenvalue weighted by Gasteiger charge is 2.58. The number of rotatable bonds is 6. The maximum absolute atomic E-state index is 13.3. The van der Waals surface area contributed by atoms with Gasteiger partial charge in [0.05, 0.1) is 16.8 Å². The largest absolute Gasteiger partial charge is 0.491 e. The number of carbonyl (C=O) groups is 4. The van der Waals surface area contributed by atoms with Crippen LogP contribution in [-0.4, -0.2) is 63.5 Å². The molecule has 1 saturated heterocycles. The van der Waals surface area contributed by atoms with Gasteiger partial charge >= 0.3 is 18.1 Å². The average Bonchev–Trinajstić information content (AvgIpc) is 3.20. The first-order valence-electron chi connectivity index (χ1n) is 10.7. The molecule has 1 aromatic carbocycles. The predicted octanol–water partition coefficient (Wildman–Crippen LogP) is 2.14. The Kier molecular flexibility index (Phi) is 6.99. The number of halogens is 3. The van der Waals surface area contributed by atoms with Gasteiger partial charge in [-0.25, -0.2) is 14.6 Å². The van der Waals surface area contributed by atoms with Crippen LogP contribution < -0.4 is 16.4 Å². The Labute approximate surface area is 210 Å². The van der Waals surface area contributed by atoms with Crippen molar-refractivity contribution in [1.82, 2.24) is 9.88 Å². The molecule has 0 bridgehead atoms. The Morgan fingerprint density at radius 3 is 2.67 bits per heavy atom. The molecule has 2 unspecified atom stereocenters. The van der Waals surface area contributed by atoms with E-state index in [0.717, 1.165) is 4.90 Å². The van der Waals surface area contributed by atoms with Gasteiger partial charge in [0.1, 0.15) is 17.1 Å². The summed E-state index contributed by atoms with van der Waals surface area (Å²) in [5.74, 6) is -5.33. The Morgan fingerprint density at radius 2 is 2.03 bits per heavy atom. The molecular weight excluding hydrogens is 523 g/mol. The first-order chi connectivity index (χ1) is 17.0. The van der Waals surface area contributed by atoms with E-state index >= 15 is 0 Å². The van der Waals surface area contributed by atoms with E-state index in [-0.39, 0.29) is 5.75 Å². The number of aromatic nitrogens is 1. The van der Waals surface area contributed by atoms with Crippen LogP contribution in [0.3, 0.4) is 0 Å². The number of hydrogen-bond acceptors (Lipinski definition) is 10. The number of carbonyl (C=O) groups excluding carboxylic acids is 4. The summed E-state index contributed by atoms with van der Waals surface area (Å²) >= 11 is 2.43. The number of β-lactam (4-membered cyclic amide) rings is 1. The Hall–Kier alpha value is -3.17. The second kappa shape index (κ2) is 9.71. The molecule has 0 radical (unpaired) electrons. The van der Waals surface area contributed by atoms with Crippen molar-refractivity contribution in [3.63, 3.8) is 0 Å². The van der Waals surface area contributed by atoms with Crippen molar-refractivity contribution < 1.29 is 37.1 Å². The van der Waals surface area contributed by atoms with E-state index in [1.54, 1.807) is 25.1 Å². The van der Waals surface area contributed by atoms with Gasteiger partial charge in [-0.15, -0.1) is 11.8 Å². The third-order valence-corrected chi connectivity index (χ3v) is 7.74. The zero-order valence-electron chi connectivity index (χ0n) is 18.7. The highest BCUT2D eigenvalue weighted by Crippen LogP contribution is 2.45. The standard InChI is InChI=1S/C21H20F3N5O5S2/c1-2-3-9-8-35-17-15(16(31)29(17)14(9)18(32)34-19(33)21(22,23)24)28(13(30)7-25)10-4-5-11-12(6-10)36-20(26)27-11/h4-6,15,17H,2-3,7-8,25H2,1H3,(H2,26,27). The van der Waals surface area contributed by atoms with Gasteiger partial charge in [0, 0.05) is 11.4 Å². The first-order valence-corrected chi connectivity index (χ1v) is 12.5. The number of hydrogen-bond donors (Lipinski definition) is 2. The molecule has 0 aliphatic carbocycles. The fourth-order valence-corrected chi connectivity index (χ4v) is 6.28. The van der Waals surface area contributed by atoms with E-state index in [1.807, 2.05) is 0 Å². The lowest BCUT2D eigenvalue weighted by atomic mass is 9.98. The minimum atomic E-state index is -5.38. The summed E-state index contributed by atoms with van der Waals surface area (Å²) in [7, 11) is 0. The van der Waals surface area contributed by atoms with E-state index in [1.165, 1.54) is 28.0 Å². The normalized spacial score (nSPS) is 19.7. The van der Waals surface area contributed by atoms with E-state index < -0.39 is 53.6 Å². The van der Waals surface area contributed by atoms with Crippen molar-refractivity contribution in [2.24, 2.45) is 5.73 Å². The monoisotopic (exact) mass is 543 g/mol. The van der Waals surface area contributed by atoms with Crippen LogP contribution in [0, 0.1) is 0 Å². The molecule has 36 heavy (non-hydrogen) atoms. The number of anilines is 2. The molecule has 2 aliphatic heterocycles. The van der Waals surface area contributed by atoms with Crippen molar-refractivity contribution in [2.75, 3.05) is 22.9 Å². The zero-order valence-corrected chi connectivity index (χ0v) is 20.3. The fraction of sp³-hybridized carbons (Fsp3) is 0.381. The van der Waals surface area contributed by atoms with Gasteiger partial charge in [0.25, 0.3) is 5.91 Å². The number of nitrogen functional groups attached to an aromatic ring is 1. The van der Waals surface area contributed by atoms with Crippen LogP contribution in [0.2, 0.25) is 0 Å². The first kappa shape index (κ1) is 25.9. The molecule has 3 heterocycles. The smallest absolute Gasteiger partial charge is 0.382 e. The molecule has 4 N–H and O–H groups in total. The van der Waals surface area contributed by atoms with Gasteiger partial charge in [0.15, 0.2) is 5.13 Å². The molecule has 10 nitrogen and oxygen atoms in total. The lowest BCUT2D eigenvalue weighted by molar-refractivity contribution is -0.201. The van der Waals surface area contributed by atoms with Crippen LogP contribution in [-0.2, 0) is 23.9 Å². The van der Waals surface area contributed by atoms with Crippen molar-refractivity contribution in [3.05, 3.63) is 29.5 Å².